The van der Waals surface area contributed by atoms with E-state index in [0.29, 0.717) is 40.9 Å². The SMILES string of the molecule is CCCOc1c(Br)cc(C=NNC(=O)C(NC(=O)c2ccccc2Cl)C(C)C)cc1OCC. The summed E-state index contributed by atoms with van der Waals surface area (Å²) in [4.78, 5) is 25.3. The van der Waals surface area contributed by atoms with E-state index in [1.54, 1.807) is 30.3 Å². The summed E-state index contributed by atoms with van der Waals surface area (Å²) in [6, 6.07) is 9.49. The molecule has 33 heavy (non-hydrogen) atoms. The Labute approximate surface area is 208 Å². The van der Waals surface area contributed by atoms with Crippen LogP contribution in [0.5, 0.6) is 11.5 Å². The molecule has 2 amide bonds. The molecule has 0 radical (unpaired) electrons. The summed E-state index contributed by atoms with van der Waals surface area (Å²) in [5.41, 5.74) is 3.51. The van der Waals surface area contributed by atoms with Crippen molar-refractivity contribution in [3.05, 3.63) is 57.0 Å². The largest absolute Gasteiger partial charge is 0.490 e. The van der Waals surface area contributed by atoms with Crippen LogP contribution in [-0.4, -0.2) is 37.3 Å². The van der Waals surface area contributed by atoms with Crippen molar-refractivity contribution in [3.63, 3.8) is 0 Å². The van der Waals surface area contributed by atoms with E-state index < -0.39 is 17.9 Å². The molecule has 0 aliphatic carbocycles. The lowest BCUT2D eigenvalue weighted by molar-refractivity contribution is -0.123. The number of amides is 2. The summed E-state index contributed by atoms with van der Waals surface area (Å²) < 4.78 is 12.2. The fourth-order valence-corrected chi connectivity index (χ4v) is 3.70. The molecule has 2 N–H and O–H groups in total. The fraction of sp³-hybridized carbons (Fsp3) is 0.375. The number of ether oxygens (including phenoxy) is 2. The van der Waals surface area contributed by atoms with Crippen molar-refractivity contribution in [2.24, 2.45) is 11.0 Å². The smallest absolute Gasteiger partial charge is 0.262 e. The molecule has 0 spiro atoms. The number of hydrogen-bond donors (Lipinski definition) is 2. The molecule has 178 valence electrons. The van der Waals surface area contributed by atoms with Crippen molar-refractivity contribution >= 4 is 45.6 Å². The molecule has 2 aromatic carbocycles. The number of hydrazone groups is 1. The molecule has 0 aliphatic heterocycles. The third kappa shape index (κ3) is 7.75. The zero-order chi connectivity index (χ0) is 24.4. The third-order valence-electron chi connectivity index (χ3n) is 4.52. The second kappa shape index (κ2) is 13.2. The predicted molar refractivity (Wildman–Crippen MR) is 134 cm³/mol. The van der Waals surface area contributed by atoms with Crippen molar-refractivity contribution in [2.45, 2.75) is 40.2 Å². The van der Waals surface area contributed by atoms with Gasteiger partial charge < -0.3 is 14.8 Å². The van der Waals surface area contributed by atoms with E-state index >= 15 is 0 Å². The van der Waals surface area contributed by atoms with Gasteiger partial charge in [-0.25, -0.2) is 5.43 Å². The van der Waals surface area contributed by atoms with Crippen LogP contribution in [0.15, 0.2) is 46.0 Å². The summed E-state index contributed by atoms with van der Waals surface area (Å²) in [7, 11) is 0. The average Bonchev–Trinajstić information content (AvgIpc) is 2.77. The molecule has 0 aliphatic rings. The molecule has 0 bridgehead atoms. The van der Waals surface area contributed by atoms with E-state index in [1.807, 2.05) is 33.8 Å². The highest BCUT2D eigenvalue weighted by molar-refractivity contribution is 9.10. The van der Waals surface area contributed by atoms with E-state index in [0.717, 1.165) is 10.9 Å². The van der Waals surface area contributed by atoms with Crippen molar-refractivity contribution in [1.29, 1.82) is 0 Å². The Balaban J connectivity index is 2.11. The summed E-state index contributed by atoms with van der Waals surface area (Å²) in [6.07, 6.45) is 2.37. The van der Waals surface area contributed by atoms with Gasteiger partial charge in [0.15, 0.2) is 11.5 Å². The van der Waals surface area contributed by atoms with Crippen LogP contribution in [0, 0.1) is 5.92 Å². The van der Waals surface area contributed by atoms with Gasteiger partial charge in [-0.15, -0.1) is 0 Å². The maximum absolute atomic E-state index is 12.7. The van der Waals surface area contributed by atoms with Gasteiger partial charge in [-0.05, 0) is 65.0 Å². The monoisotopic (exact) mass is 537 g/mol. The molecular weight excluding hydrogens is 510 g/mol. The number of rotatable bonds is 11. The standard InChI is InChI=1S/C24H29BrClN3O4/c1-5-11-33-22-18(25)12-16(13-20(22)32-6-2)14-27-29-24(31)21(15(3)4)28-23(30)17-9-7-8-10-19(17)26/h7-10,12-15,21H,5-6,11H2,1-4H3,(H,28,30)(H,29,31). The minimum atomic E-state index is -0.790. The second-order valence-electron chi connectivity index (χ2n) is 7.52. The minimum absolute atomic E-state index is 0.166. The lowest BCUT2D eigenvalue weighted by atomic mass is 10.0. The van der Waals surface area contributed by atoms with Crippen LogP contribution >= 0.6 is 27.5 Å². The highest BCUT2D eigenvalue weighted by Crippen LogP contribution is 2.36. The third-order valence-corrected chi connectivity index (χ3v) is 5.44. The Hall–Kier alpha value is -2.58. The van der Waals surface area contributed by atoms with Gasteiger partial charge in [0.1, 0.15) is 6.04 Å². The molecule has 0 heterocycles. The van der Waals surface area contributed by atoms with Gasteiger partial charge in [-0.2, -0.15) is 5.10 Å². The first-order valence-corrected chi connectivity index (χ1v) is 11.9. The number of hydrogen-bond acceptors (Lipinski definition) is 5. The Morgan fingerprint density at radius 2 is 1.91 bits per heavy atom. The van der Waals surface area contributed by atoms with Crippen LogP contribution < -0.4 is 20.2 Å². The molecule has 0 saturated carbocycles. The van der Waals surface area contributed by atoms with Crippen molar-refractivity contribution in [1.82, 2.24) is 10.7 Å². The zero-order valence-electron chi connectivity index (χ0n) is 19.2. The van der Waals surface area contributed by atoms with Gasteiger partial charge in [0.05, 0.1) is 34.5 Å². The molecular formula is C24H29BrClN3O4. The molecule has 1 atom stereocenters. The van der Waals surface area contributed by atoms with Gasteiger partial charge in [-0.3, -0.25) is 9.59 Å². The number of carbonyl (C=O) groups excluding carboxylic acids is 2. The quantitative estimate of drug-likeness (QED) is 0.304. The first kappa shape index (κ1) is 26.7. The predicted octanol–water partition coefficient (Wildman–Crippen LogP) is 5.19. The van der Waals surface area contributed by atoms with Gasteiger partial charge in [-0.1, -0.05) is 44.5 Å². The van der Waals surface area contributed by atoms with Gasteiger partial charge in [0, 0.05) is 0 Å². The number of benzene rings is 2. The summed E-state index contributed by atoms with van der Waals surface area (Å²) in [5.74, 6) is 0.183. The lowest BCUT2D eigenvalue weighted by Gasteiger charge is -2.20. The molecule has 0 aromatic heterocycles. The zero-order valence-corrected chi connectivity index (χ0v) is 21.5. The first-order valence-electron chi connectivity index (χ1n) is 10.8. The molecule has 2 rings (SSSR count). The van der Waals surface area contributed by atoms with Crippen molar-refractivity contribution in [2.75, 3.05) is 13.2 Å². The molecule has 9 heteroatoms. The highest BCUT2D eigenvalue weighted by atomic mass is 79.9. The fourth-order valence-electron chi connectivity index (χ4n) is 2.91. The summed E-state index contributed by atoms with van der Waals surface area (Å²) in [5, 5.41) is 7.11. The number of carbonyl (C=O) groups is 2. The molecule has 0 fully saturated rings. The maximum Gasteiger partial charge on any atom is 0.262 e. The molecule has 1 unspecified atom stereocenters. The van der Waals surface area contributed by atoms with Gasteiger partial charge >= 0.3 is 0 Å². The lowest BCUT2D eigenvalue weighted by Crippen LogP contribution is -2.48. The van der Waals surface area contributed by atoms with Crippen molar-refractivity contribution in [3.8, 4) is 11.5 Å². The Bertz CT molecular complexity index is 998. The van der Waals surface area contributed by atoms with Crippen LogP contribution in [0.2, 0.25) is 5.02 Å². The van der Waals surface area contributed by atoms with Gasteiger partial charge in [0.25, 0.3) is 11.8 Å². The molecule has 2 aromatic rings. The van der Waals surface area contributed by atoms with Crippen LogP contribution in [0.1, 0.15) is 50.0 Å². The maximum atomic E-state index is 12.7. The van der Waals surface area contributed by atoms with Crippen molar-refractivity contribution < 1.29 is 19.1 Å². The summed E-state index contributed by atoms with van der Waals surface area (Å²) in [6.45, 7) is 8.63. The topological polar surface area (TPSA) is 89.0 Å². The van der Waals surface area contributed by atoms with Crippen LogP contribution in [0.3, 0.4) is 0 Å². The first-order chi connectivity index (χ1) is 15.8. The van der Waals surface area contributed by atoms with E-state index in [-0.39, 0.29) is 5.92 Å². The Kier molecular flexibility index (Phi) is 10.7. The van der Waals surface area contributed by atoms with E-state index in [4.69, 9.17) is 21.1 Å². The molecule has 0 saturated heterocycles. The van der Waals surface area contributed by atoms with Crippen LogP contribution in [-0.2, 0) is 4.79 Å². The Morgan fingerprint density at radius 3 is 2.55 bits per heavy atom. The van der Waals surface area contributed by atoms with Gasteiger partial charge in [0.2, 0.25) is 0 Å². The number of nitrogens with zero attached hydrogens (tertiary/aromatic N) is 1. The average molecular weight is 539 g/mol. The van der Waals surface area contributed by atoms with E-state index in [2.05, 4.69) is 31.8 Å². The van der Waals surface area contributed by atoms with Crippen LogP contribution in [0.25, 0.3) is 0 Å². The van der Waals surface area contributed by atoms with E-state index in [1.165, 1.54) is 6.21 Å². The normalized spacial score (nSPS) is 12.0. The number of halogens is 2. The van der Waals surface area contributed by atoms with E-state index in [9.17, 15) is 9.59 Å². The highest BCUT2D eigenvalue weighted by Gasteiger charge is 2.25. The summed E-state index contributed by atoms with van der Waals surface area (Å²) >= 11 is 9.60. The minimum Gasteiger partial charge on any atom is -0.490 e. The Morgan fingerprint density at radius 1 is 1.18 bits per heavy atom. The molecule has 7 nitrogen and oxygen atoms in total. The van der Waals surface area contributed by atoms with Crippen LogP contribution in [0.4, 0.5) is 0 Å². The number of nitrogens with one attached hydrogen (secondary N) is 2. The second-order valence-corrected chi connectivity index (χ2v) is 8.78.